The van der Waals surface area contributed by atoms with Crippen LogP contribution in [0.2, 0.25) is 0 Å². The third-order valence-electron chi connectivity index (χ3n) is 9.98. The minimum absolute atomic E-state index is 0.0756. The number of aryl methyl sites for hydroxylation is 1. The highest BCUT2D eigenvalue weighted by Crippen LogP contribution is 2.54. The number of nitrogens with zero attached hydrogens (tertiary/aromatic N) is 1. The van der Waals surface area contributed by atoms with Gasteiger partial charge in [-0.15, -0.1) is 0 Å². The number of aromatic nitrogens is 1. The Bertz CT molecular complexity index is 1510. The van der Waals surface area contributed by atoms with Crippen LogP contribution < -0.4 is 10.9 Å². The molecular formula is C34H41N3O4. The van der Waals surface area contributed by atoms with Crippen LogP contribution >= 0.6 is 0 Å². The quantitative estimate of drug-likeness (QED) is 0.353. The maximum Gasteiger partial charge on any atom is 0.261 e. The molecule has 3 aliphatic rings. The molecule has 4 unspecified atom stereocenters. The van der Waals surface area contributed by atoms with Crippen LogP contribution in [0.5, 0.6) is 5.75 Å². The van der Waals surface area contributed by atoms with Crippen molar-refractivity contribution in [2.45, 2.75) is 82.4 Å². The summed E-state index contributed by atoms with van der Waals surface area (Å²) < 4.78 is 0. The van der Waals surface area contributed by atoms with Crippen molar-refractivity contribution in [1.82, 2.24) is 15.2 Å². The van der Waals surface area contributed by atoms with Crippen LogP contribution in [-0.4, -0.2) is 56.8 Å². The lowest BCUT2D eigenvalue weighted by atomic mass is 9.53. The summed E-state index contributed by atoms with van der Waals surface area (Å²) in [4.78, 5) is 32.1. The van der Waals surface area contributed by atoms with Crippen LogP contribution in [0.3, 0.4) is 0 Å². The summed E-state index contributed by atoms with van der Waals surface area (Å²) in [6.45, 7) is 7.89. The number of rotatable bonds is 7. The van der Waals surface area contributed by atoms with Crippen LogP contribution in [0.25, 0.3) is 0 Å². The molecule has 0 spiro atoms. The number of pyridine rings is 1. The number of aromatic amines is 1. The van der Waals surface area contributed by atoms with E-state index in [0.717, 1.165) is 41.0 Å². The molecule has 6 rings (SSSR count). The van der Waals surface area contributed by atoms with Gasteiger partial charge in [-0.25, -0.2) is 0 Å². The van der Waals surface area contributed by atoms with Gasteiger partial charge in [0.1, 0.15) is 11.3 Å². The molecule has 3 aromatic rings. The number of phenolic OH excluding ortho intramolecular Hbond substituents is 1. The maximum atomic E-state index is 13.3. The molecule has 1 saturated heterocycles. The summed E-state index contributed by atoms with van der Waals surface area (Å²) in [6, 6.07) is 16.7. The third kappa shape index (κ3) is 4.99. The van der Waals surface area contributed by atoms with Gasteiger partial charge in [-0.05, 0) is 99.4 Å². The van der Waals surface area contributed by atoms with Crippen molar-refractivity contribution in [2.75, 3.05) is 13.1 Å². The maximum absolute atomic E-state index is 13.3. The van der Waals surface area contributed by atoms with Crippen molar-refractivity contribution >= 4 is 5.91 Å². The monoisotopic (exact) mass is 555 g/mol. The zero-order valence-corrected chi connectivity index (χ0v) is 24.2. The molecule has 2 aromatic carbocycles. The van der Waals surface area contributed by atoms with Crippen LogP contribution in [0, 0.1) is 12.8 Å². The highest BCUT2D eigenvalue weighted by Gasteiger charge is 2.61. The number of phenols is 1. The van der Waals surface area contributed by atoms with Crippen molar-refractivity contribution in [3.8, 4) is 5.75 Å². The Labute approximate surface area is 241 Å². The Balaban J connectivity index is 1.35. The minimum Gasteiger partial charge on any atom is -0.508 e. The van der Waals surface area contributed by atoms with Gasteiger partial charge in [-0.2, -0.15) is 0 Å². The number of aliphatic hydroxyl groups is 1. The van der Waals surface area contributed by atoms with Crippen molar-refractivity contribution in [3.63, 3.8) is 0 Å². The van der Waals surface area contributed by atoms with E-state index in [0.29, 0.717) is 31.6 Å². The molecule has 1 aliphatic heterocycles. The van der Waals surface area contributed by atoms with Crippen LogP contribution in [0.1, 0.15) is 71.4 Å². The van der Waals surface area contributed by atoms with E-state index in [2.05, 4.69) is 22.1 Å². The summed E-state index contributed by atoms with van der Waals surface area (Å²) in [7, 11) is 0. The summed E-state index contributed by atoms with van der Waals surface area (Å²) in [5, 5.41) is 26.3. The van der Waals surface area contributed by atoms with E-state index in [1.165, 1.54) is 12.8 Å². The van der Waals surface area contributed by atoms with Gasteiger partial charge in [0.2, 0.25) is 0 Å². The van der Waals surface area contributed by atoms with E-state index in [9.17, 15) is 19.8 Å². The number of amides is 1. The molecule has 216 valence electrons. The number of hydrogen-bond donors (Lipinski definition) is 4. The van der Waals surface area contributed by atoms with Crippen LogP contribution in [-0.2, 0) is 24.7 Å². The highest BCUT2D eigenvalue weighted by atomic mass is 16.3. The number of fused-ring (bicyclic) bond motifs is 2. The molecule has 4 N–H and O–H groups in total. The Hall–Kier alpha value is -3.42. The first-order valence-electron chi connectivity index (χ1n) is 15.0. The van der Waals surface area contributed by atoms with E-state index in [1.807, 2.05) is 50.2 Å². The number of piperidine rings is 1. The molecule has 2 heterocycles. The predicted molar refractivity (Wildman–Crippen MR) is 159 cm³/mol. The molecule has 0 radical (unpaired) electrons. The molecule has 1 aromatic heterocycles. The van der Waals surface area contributed by atoms with Gasteiger partial charge in [0.05, 0.1) is 5.60 Å². The Kier molecular flexibility index (Phi) is 7.07. The SMILES string of the molecule is Cc1ccc(O)cc1C12CCN(CC3CC3)C(C)C1(O)Cc1cc(C(=O)NC(C)Cc3ccccc3)c(=O)[nH]c1C2. The molecule has 1 amide bonds. The average molecular weight is 556 g/mol. The highest BCUT2D eigenvalue weighted by molar-refractivity contribution is 5.94. The number of carbonyl (C=O) groups excluding carboxylic acids is 1. The fourth-order valence-electron chi connectivity index (χ4n) is 7.48. The van der Waals surface area contributed by atoms with Gasteiger partial charge in [0, 0.05) is 42.6 Å². The molecule has 1 saturated carbocycles. The number of nitrogens with one attached hydrogen (secondary N) is 2. The third-order valence-corrected chi connectivity index (χ3v) is 9.98. The molecule has 0 bridgehead atoms. The molecule has 7 nitrogen and oxygen atoms in total. The minimum atomic E-state index is -1.15. The van der Waals surface area contributed by atoms with Gasteiger partial charge in [0.15, 0.2) is 0 Å². The summed E-state index contributed by atoms with van der Waals surface area (Å²) in [5.41, 5.74) is 2.45. The normalized spacial score (nSPS) is 26.6. The second-order valence-electron chi connectivity index (χ2n) is 12.8. The number of benzene rings is 2. The fraction of sp³-hybridized carbons (Fsp3) is 0.471. The molecule has 2 aliphatic carbocycles. The lowest BCUT2D eigenvalue weighted by Crippen LogP contribution is -2.71. The number of carbonyl (C=O) groups is 1. The van der Waals surface area contributed by atoms with Crippen LogP contribution in [0.4, 0.5) is 0 Å². The Morgan fingerprint density at radius 3 is 2.63 bits per heavy atom. The standard InChI is InChI=1S/C34H41N3O4/c1-21-9-12-27(38)17-29(21)33-13-14-37(20-25-10-11-25)23(3)34(33,41)18-26-16-28(32(40)36-30(26)19-33)31(39)35-22(2)15-24-7-5-4-6-8-24/h4-9,12,16-17,22-23,25,38,41H,10-11,13-15,18-20H2,1-3H3,(H,35,39)(H,36,40). The average Bonchev–Trinajstić information content (AvgIpc) is 3.76. The zero-order valence-electron chi connectivity index (χ0n) is 24.2. The first-order chi connectivity index (χ1) is 19.6. The molecule has 41 heavy (non-hydrogen) atoms. The lowest BCUT2D eigenvalue weighted by molar-refractivity contribution is -0.139. The zero-order chi connectivity index (χ0) is 28.9. The van der Waals surface area contributed by atoms with E-state index in [1.54, 1.807) is 18.2 Å². The lowest BCUT2D eigenvalue weighted by Gasteiger charge is -2.60. The summed E-state index contributed by atoms with van der Waals surface area (Å²) in [6.07, 6.45) is 4.61. The Morgan fingerprint density at radius 1 is 1.15 bits per heavy atom. The largest absolute Gasteiger partial charge is 0.508 e. The first kappa shape index (κ1) is 27.7. The van der Waals surface area contributed by atoms with Crippen LogP contribution in [0.15, 0.2) is 59.4 Å². The van der Waals surface area contributed by atoms with Gasteiger partial charge in [0.25, 0.3) is 11.5 Å². The van der Waals surface area contributed by atoms with Gasteiger partial charge in [-0.3, -0.25) is 14.5 Å². The fourth-order valence-corrected chi connectivity index (χ4v) is 7.48. The van der Waals surface area contributed by atoms with E-state index < -0.39 is 22.5 Å². The molecule has 4 atom stereocenters. The number of aromatic hydroxyl groups is 1. The summed E-state index contributed by atoms with van der Waals surface area (Å²) >= 11 is 0. The Morgan fingerprint density at radius 2 is 1.90 bits per heavy atom. The topological polar surface area (TPSA) is 106 Å². The smallest absolute Gasteiger partial charge is 0.261 e. The van der Waals surface area contributed by atoms with Crippen molar-refractivity contribution in [2.24, 2.45) is 5.92 Å². The van der Waals surface area contributed by atoms with Crippen molar-refractivity contribution in [3.05, 3.63) is 98.5 Å². The van der Waals surface area contributed by atoms with Gasteiger partial charge >= 0.3 is 0 Å². The van der Waals surface area contributed by atoms with Gasteiger partial charge < -0.3 is 20.5 Å². The summed E-state index contributed by atoms with van der Waals surface area (Å²) in [5.74, 6) is 0.458. The van der Waals surface area contributed by atoms with Gasteiger partial charge in [-0.1, -0.05) is 36.4 Å². The number of likely N-dealkylation sites (tertiary alicyclic amines) is 1. The predicted octanol–water partition coefficient (Wildman–Crippen LogP) is 4.02. The molecule has 2 fully saturated rings. The first-order valence-corrected chi connectivity index (χ1v) is 15.0. The number of H-pyrrole nitrogens is 1. The van der Waals surface area contributed by atoms with Crippen molar-refractivity contribution in [1.29, 1.82) is 0 Å². The second kappa shape index (κ2) is 10.4. The van der Waals surface area contributed by atoms with E-state index in [-0.39, 0.29) is 23.4 Å². The van der Waals surface area contributed by atoms with E-state index >= 15 is 0 Å². The number of hydrogen-bond acceptors (Lipinski definition) is 5. The molecule has 7 heteroatoms. The molecular weight excluding hydrogens is 514 g/mol. The second-order valence-corrected chi connectivity index (χ2v) is 12.8. The van der Waals surface area contributed by atoms with Crippen molar-refractivity contribution < 1.29 is 15.0 Å². The van der Waals surface area contributed by atoms with E-state index in [4.69, 9.17) is 0 Å².